The number of H-pyrrole nitrogens is 1. The van der Waals surface area contributed by atoms with E-state index >= 15 is 0 Å². The molecule has 0 spiro atoms. The summed E-state index contributed by atoms with van der Waals surface area (Å²) in [6, 6.07) is 4.89. The van der Waals surface area contributed by atoms with Crippen molar-refractivity contribution in [2.75, 3.05) is 0 Å². The molecule has 0 unspecified atom stereocenters. The number of hydrogen-bond acceptors (Lipinski definition) is 2. The Morgan fingerprint density at radius 1 is 1.17 bits per heavy atom. The monoisotopic (exact) mass is 244 g/mol. The third-order valence-electron chi connectivity index (χ3n) is 3.26. The van der Waals surface area contributed by atoms with Crippen molar-refractivity contribution in [2.24, 2.45) is 0 Å². The molecule has 0 aliphatic heterocycles. The van der Waals surface area contributed by atoms with E-state index in [1.54, 1.807) is 6.07 Å². The van der Waals surface area contributed by atoms with Gasteiger partial charge in [-0.25, -0.2) is 9.37 Å². The molecule has 3 rings (SSSR count). The summed E-state index contributed by atoms with van der Waals surface area (Å²) in [4.78, 5) is 7.46. The smallest absolute Gasteiger partial charge is 0.151 e. The number of fused-ring (bicyclic) bond motifs is 1. The maximum Gasteiger partial charge on any atom is 0.151 e. The minimum atomic E-state index is -0.314. The molecular weight excluding hydrogens is 231 g/mol. The summed E-state index contributed by atoms with van der Waals surface area (Å²) in [5, 5.41) is 0. The van der Waals surface area contributed by atoms with Crippen LogP contribution in [0.3, 0.4) is 0 Å². The molecule has 0 radical (unpaired) electrons. The molecule has 1 aromatic carbocycles. The van der Waals surface area contributed by atoms with E-state index in [9.17, 15) is 4.39 Å². The fourth-order valence-corrected chi connectivity index (χ4v) is 2.26. The Kier molecular flexibility index (Phi) is 2.26. The predicted molar refractivity (Wildman–Crippen MR) is 68.0 cm³/mol. The first-order chi connectivity index (χ1) is 8.58. The fourth-order valence-electron chi connectivity index (χ4n) is 2.26. The highest BCUT2D eigenvalue weighted by Gasteiger charge is 2.17. The second-order valence-electron chi connectivity index (χ2n) is 4.44. The Morgan fingerprint density at radius 3 is 2.56 bits per heavy atom. The molecule has 2 aromatic heterocycles. The maximum absolute atomic E-state index is 13.6. The van der Waals surface area contributed by atoms with Gasteiger partial charge in [-0.2, -0.15) is 0 Å². The van der Waals surface area contributed by atoms with Crippen LogP contribution in [-0.4, -0.2) is 9.97 Å². The lowest BCUT2D eigenvalue weighted by molar-refractivity contribution is 0.503. The first-order valence-electron chi connectivity index (χ1n) is 5.79. The largest absolute Gasteiger partial charge is 0.466 e. The molecule has 0 atom stereocenters. The van der Waals surface area contributed by atoms with Gasteiger partial charge in [0.05, 0.1) is 11.1 Å². The van der Waals surface area contributed by atoms with Crippen molar-refractivity contribution in [1.82, 2.24) is 9.97 Å². The predicted octanol–water partition coefficient (Wildman–Crippen LogP) is 3.89. The van der Waals surface area contributed by atoms with Gasteiger partial charge in [0.1, 0.15) is 22.9 Å². The van der Waals surface area contributed by atoms with E-state index in [1.165, 1.54) is 6.07 Å². The minimum Gasteiger partial charge on any atom is -0.466 e. The molecule has 3 nitrogen and oxygen atoms in total. The Morgan fingerprint density at radius 2 is 1.94 bits per heavy atom. The number of nitrogens with zero attached hydrogens (tertiary/aromatic N) is 1. The Labute approximate surface area is 104 Å². The van der Waals surface area contributed by atoms with Gasteiger partial charge in [-0.1, -0.05) is 6.07 Å². The topological polar surface area (TPSA) is 41.8 Å². The zero-order chi connectivity index (χ0) is 12.9. The number of rotatable bonds is 1. The number of aromatic amines is 1. The van der Waals surface area contributed by atoms with Crippen LogP contribution >= 0.6 is 0 Å². The lowest BCUT2D eigenvalue weighted by Crippen LogP contribution is -1.84. The molecule has 0 bridgehead atoms. The number of nitrogens with one attached hydrogen (secondary N) is 1. The van der Waals surface area contributed by atoms with Crippen molar-refractivity contribution in [3.8, 4) is 11.4 Å². The van der Waals surface area contributed by atoms with Gasteiger partial charge in [-0.3, -0.25) is 0 Å². The quantitative estimate of drug-likeness (QED) is 0.705. The van der Waals surface area contributed by atoms with Crippen molar-refractivity contribution in [1.29, 1.82) is 0 Å². The van der Waals surface area contributed by atoms with E-state index in [0.29, 0.717) is 16.9 Å². The van der Waals surface area contributed by atoms with Crippen molar-refractivity contribution in [2.45, 2.75) is 20.8 Å². The number of imidazole rings is 1. The molecule has 0 fully saturated rings. The van der Waals surface area contributed by atoms with Crippen LogP contribution in [0.1, 0.15) is 17.1 Å². The average molecular weight is 244 g/mol. The zero-order valence-corrected chi connectivity index (χ0v) is 10.5. The molecule has 18 heavy (non-hydrogen) atoms. The summed E-state index contributed by atoms with van der Waals surface area (Å²) < 4.78 is 19.2. The van der Waals surface area contributed by atoms with Gasteiger partial charge in [0.15, 0.2) is 5.82 Å². The summed E-state index contributed by atoms with van der Waals surface area (Å²) in [5.74, 6) is 2.00. The highest BCUT2D eigenvalue weighted by molar-refractivity contribution is 5.81. The second-order valence-corrected chi connectivity index (χ2v) is 4.44. The molecule has 0 saturated heterocycles. The third kappa shape index (κ3) is 1.45. The van der Waals surface area contributed by atoms with Crippen LogP contribution in [-0.2, 0) is 0 Å². The molecule has 0 aliphatic rings. The summed E-state index contributed by atoms with van der Waals surface area (Å²) in [6.07, 6.45) is 0. The van der Waals surface area contributed by atoms with E-state index < -0.39 is 0 Å². The third-order valence-corrected chi connectivity index (χ3v) is 3.26. The Bertz CT molecular complexity index is 740. The van der Waals surface area contributed by atoms with E-state index in [2.05, 4.69) is 9.97 Å². The number of hydrogen-bond donors (Lipinski definition) is 1. The van der Waals surface area contributed by atoms with Gasteiger partial charge in [0.2, 0.25) is 0 Å². The minimum absolute atomic E-state index is 0.314. The molecule has 3 aromatic rings. The van der Waals surface area contributed by atoms with Gasteiger partial charge in [-0.05, 0) is 32.9 Å². The van der Waals surface area contributed by atoms with Crippen LogP contribution in [0.15, 0.2) is 22.6 Å². The van der Waals surface area contributed by atoms with Gasteiger partial charge < -0.3 is 9.40 Å². The van der Waals surface area contributed by atoms with Crippen LogP contribution in [0, 0.1) is 26.6 Å². The van der Waals surface area contributed by atoms with Crippen molar-refractivity contribution in [3.05, 3.63) is 41.1 Å². The van der Waals surface area contributed by atoms with Crippen LogP contribution in [0.25, 0.3) is 22.4 Å². The number of aryl methyl sites for hydroxylation is 2. The van der Waals surface area contributed by atoms with E-state index in [1.807, 2.05) is 26.8 Å². The zero-order valence-electron chi connectivity index (χ0n) is 10.5. The van der Waals surface area contributed by atoms with Gasteiger partial charge >= 0.3 is 0 Å². The van der Waals surface area contributed by atoms with E-state index in [0.717, 1.165) is 22.6 Å². The van der Waals surface area contributed by atoms with Gasteiger partial charge in [0, 0.05) is 5.56 Å². The second kappa shape index (κ2) is 3.70. The summed E-state index contributed by atoms with van der Waals surface area (Å²) in [6.45, 7) is 5.78. The normalized spacial score (nSPS) is 11.3. The molecular formula is C14H13FN2O. The number of para-hydroxylation sites is 1. The van der Waals surface area contributed by atoms with Crippen LogP contribution in [0.5, 0.6) is 0 Å². The van der Waals surface area contributed by atoms with Crippen molar-refractivity contribution in [3.63, 3.8) is 0 Å². The first kappa shape index (κ1) is 11.0. The molecule has 92 valence electrons. The standard InChI is InChI=1S/C14H13FN2O/c1-7-8(2)18-9(3)12(7)14-16-11-6-4-5-10(15)13(11)17-14/h4-6H,1-3H3,(H,16,17). The average Bonchev–Trinajstić information content (AvgIpc) is 2.83. The van der Waals surface area contributed by atoms with E-state index in [-0.39, 0.29) is 5.82 Å². The maximum atomic E-state index is 13.6. The number of halogens is 1. The van der Waals surface area contributed by atoms with E-state index in [4.69, 9.17) is 4.42 Å². The lowest BCUT2D eigenvalue weighted by atomic mass is 10.1. The molecule has 0 amide bonds. The molecule has 0 saturated carbocycles. The van der Waals surface area contributed by atoms with Crippen LogP contribution in [0.4, 0.5) is 4.39 Å². The molecule has 0 aliphatic carbocycles. The number of furan rings is 1. The summed E-state index contributed by atoms with van der Waals surface area (Å²) in [5.41, 5.74) is 3.02. The SMILES string of the molecule is Cc1oc(C)c(-c2nc3c(F)cccc3[nH]2)c1C. The molecule has 2 heterocycles. The number of aromatic nitrogens is 2. The number of benzene rings is 1. The Balaban J connectivity index is 2.29. The van der Waals surface area contributed by atoms with Crippen molar-refractivity contribution < 1.29 is 8.81 Å². The highest BCUT2D eigenvalue weighted by atomic mass is 19.1. The molecule has 4 heteroatoms. The van der Waals surface area contributed by atoms with Gasteiger partial charge in [-0.15, -0.1) is 0 Å². The first-order valence-corrected chi connectivity index (χ1v) is 5.79. The van der Waals surface area contributed by atoms with Crippen LogP contribution in [0.2, 0.25) is 0 Å². The molecule has 1 N–H and O–H groups in total. The van der Waals surface area contributed by atoms with Crippen molar-refractivity contribution >= 4 is 11.0 Å². The lowest BCUT2D eigenvalue weighted by Gasteiger charge is -1.94. The fraction of sp³-hybridized carbons (Fsp3) is 0.214. The summed E-state index contributed by atoms with van der Waals surface area (Å²) in [7, 11) is 0. The highest BCUT2D eigenvalue weighted by Crippen LogP contribution is 2.31. The van der Waals surface area contributed by atoms with Crippen LogP contribution < -0.4 is 0 Å². The Hall–Kier alpha value is -2.10. The summed E-state index contributed by atoms with van der Waals surface area (Å²) >= 11 is 0. The van der Waals surface area contributed by atoms with Gasteiger partial charge in [0.25, 0.3) is 0 Å².